The van der Waals surface area contributed by atoms with Gasteiger partial charge in [-0.2, -0.15) is 18.4 Å². The van der Waals surface area contributed by atoms with Crippen LogP contribution in [0.2, 0.25) is 0 Å². The second kappa shape index (κ2) is 12.0. The minimum absolute atomic E-state index is 0.0278. The molecule has 2 aromatic rings. The summed E-state index contributed by atoms with van der Waals surface area (Å²) in [6.07, 6.45) is -1.80. The summed E-state index contributed by atoms with van der Waals surface area (Å²) in [5.74, 6) is -3.23. The summed E-state index contributed by atoms with van der Waals surface area (Å²) in [5.41, 5.74) is 8.47. The van der Waals surface area contributed by atoms with E-state index in [1.807, 2.05) is 18.2 Å². The fourth-order valence-corrected chi connectivity index (χ4v) is 3.21. The van der Waals surface area contributed by atoms with Crippen molar-refractivity contribution in [1.82, 2.24) is 5.32 Å². The summed E-state index contributed by atoms with van der Waals surface area (Å²) in [6, 6.07) is 14.5. The molecule has 0 radical (unpaired) electrons. The first kappa shape index (κ1) is 26.6. The Morgan fingerprint density at radius 3 is 2.00 bits per heavy atom. The Kier molecular flexibility index (Phi) is 9.38. The summed E-state index contributed by atoms with van der Waals surface area (Å²) in [4.78, 5) is 21.3. The van der Waals surface area contributed by atoms with Crippen molar-refractivity contribution in [3.63, 3.8) is 0 Å². The fraction of sp³-hybridized carbons (Fsp3) is 0.348. The van der Waals surface area contributed by atoms with Crippen molar-refractivity contribution in [3.05, 3.63) is 53.8 Å². The zero-order valence-corrected chi connectivity index (χ0v) is 18.1. The monoisotopic (exact) mass is 480 g/mol. The number of carboxylic acid groups (broad SMARTS) is 1. The van der Waals surface area contributed by atoms with Gasteiger partial charge < -0.3 is 21.1 Å². The van der Waals surface area contributed by atoms with Gasteiger partial charge in [-0.3, -0.25) is 4.79 Å². The van der Waals surface area contributed by atoms with Crippen molar-refractivity contribution >= 4 is 17.6 Å². The number of anilines is 1. The molecule has 0 aliphatic carbocycles. The number of aliphatic carboxylic acids is 1. The Bertz CT molecular complexity index is 1030. The molecular formula is C23H24F4N4O3. The number of nitrogens with two attached hydrogens (primary N) is 1. The third-order valence-corrected chi connectivity index (χ3v) is 5.15. The number of hydrogen-bond donors (Lipinski definition) is 3. The number of carbonyl (C=O) groups excluding carboxylic acids is 1. The van der Waals surface area contributed by atoms with Crippen LogP contribution in [0.3, 0.4) is 0 Å². The lowest BCUT2D eigenvalue weighted by Crippen LogP contribution is -2.51. The lowest BCUT2D eigenvalue weighted by atomic mass is 10.0. The van der Waals surface area contributed by atoms with Gasteiger partial charge in [0, 0.05) is 13.1 Å². The van der Waals surface area contributed by atoms with E-state index in [2.05, 4.69) is 16.3 Å². The predicted molar refractivity (Wildman–Crippen MR) is 117 cm³/mol. The highest BCUT2D eigenvalue weighted by atomic mass is 19.4. The molecule has 2 aromatic carbocycles. The van der Waals surface area contributed by atoms with Crippen molar-refractivity contribution < 1.29 is 32.3 Å². The molecule has 2 heterocycles. The van der Waals surface area contributed by atoms with Gasteiger partial charge >= 0.3 is 12.1 Å². The van der Waals surface area contributed by atoms with Crippen LogP contribution in [0.4, 0.5) is 23.2 Å². The van der Waals surface area contributed by atoms with Crippen molar-refractivity contribution in [2.45, 2.75) is 31.5 Å². The lowest BCUT2D eigenvalue weighted by molar-refractivity contribution is -0.192. The lowest BCUT2D eigenvalue weighted by Gasteiger charge is -2.23. The molecule has 34 heavy (non-hydrogen) atoms. The van der Waals surface area contributed by atoms with Crippen LogP contribution in [0.1, 0.15) is 24.8 Å². The molecule has 4 rings (SSSR count). The third-order valence-electron chi connectivity index (χ3n) is 5.15. The summed E-state index contributed by atoms with van der Waals surface area (Å²) >= 11 is 0. The first-order valence-corrected chi connectivity index (χ1v) is 10.4. The van der Waals surface area contributed by atoms with E-state index in [-0.39, 0.29) is 17.8 Å². The molecule has 11 heteroatoms. The zero-order chi connectivity index (χ0) is 25.3. The van der Waals surface area contributed by atoms with Crippen LogP contribution in [0.15, 0.2) is 42.5 Å². The molecule has 2 aliphatic rings. The number of carboxylic acids is 1. The molecule has 0 spiro atoms. The Balaban J connectivity index is 0.000000240. The Morgan fingerprint density at radius 1 is 1.09 bits per heavy atom. The van der Waals surface area contributed by atoms with Gasteiger partial charge in [0.25, 0.3) is 0 Å². The van der Waals surface area contributed by atoms with Gasteiger partial charge in [0.2, 0.25) is 5.91 Å². The maximum absolute atomic E-state index is 13.0. The molecule has 2 aliphatic heterocycles. The molecule has 4 N–H and O–H groups in total. The average Bonchev–Trinajstić information content (AvgIpc) is 3.27. The van der Waals surface area contributed by atoms with Crippen LogP contribution in [0, 0.1) is 17.1 Å². The largest absolute Gasteiger partial charge is 0.490 e. The van der Waals surface area contributed by atoms with Gasteiger partial charge in [-0.15, -0.1) is 0 Å². The maximum atomic E-state index is 13.0. The first-order chi connectivity index (χ1) is 16.0. The Labute approximate surface area is 193 Å². The van der Waals surface area contributed by atoms with E-state index in [0.717, 1.165) is 42.9 Å². The van der Waals surface area contributed by atoms with E-state index in [0.29, 0.717) is 5.56 Å². The van der Waals surface area contributed by atoms with E-state index < -0.39 is 12.1 Å². The van der Waals surface area contributed by atoms with Crippen molar-refractivity contribution in [2.24, 2.45) is 5.73 Å². The average molecular weight is 480 g/mol. The molecule has 0 bridgehead atoms. The van der Waals surface area contributed by atoms with Gasteiger partial charge in [0.15, 0.2) is 0 Å². The minimum Gasteiger partial charge on any atom is -0.475 e. The molecule has 2 fully saturated rings. The summed E-state index contributed by atoms with van der Waals surface area (Å²) in [5, 5.41) is 19.4. The van der Waals surface area contributed by atoms with Gasteiger partial charge in [0.05, 0.1) is 17.3 Å². The predicted octanol–water partition coefficient (Wildman–Crippen LogP) is 3.43. The van der Waals surface area contributed by atoms with Gasteiger partial charge in [-0.25, -0.2) is 9.18 Å². The van der Waals surface area contributed by atoms with Crippen molar-refractivity contribution in [2.75, 3.05) is 24.5 Å². The smallest absolute Gasteiger partial charge is 0.475 e. The van der Waals surface area contributed by atoms with Crippen LogP contribution in [0.25, 0.3) is 11.1 Å². The van der Waals surface area contributed by atoms with Crippen molar-refractivity contribution in [3.8, 4) is 17.2 Å². The molecular weight excluding hydrogens is 456 g/mol. The highest BCUT2D eigenvalue weighted by molar-refractivity contribution is 5.80. The number of halogens is 4. The van der Waals surface area contributed by atoms with Gasteiger partial charge in [0.1, 0.15) is 11.9 Å². The highest BCUT2D eigenvalue weighted by Gasteiger charge is 2.38. The molecule has 1 amide bonds. The van der Waals surface area contributed by atoms with E-state index in [9.17, 15) is 27.6 Å². The number of carbonyl (C=O) groups is 2. The molecule has 2 saturated heterocycles. The van der Waals surface area contributed by atoms with Crippen LogP contribution < -0.4 is 16.0 Å². The molecule has 0 saturated carbocycles. The number of nitriles is 1. The number of benzene rings is 2. The normalized spacial score (nSPS) is 16.7. The molecule has 7 nitrogen and oxygen atoms in total. The summed E-state index contributed by atoms with van der Waals surface area (Å²) in [7, 11) is 0. The topological polar surface area (TPSA) is 119 Å². The van der Waals surface area contributed by atoms with Crippen LogP contribution in [-0.4, -0.2) is 48.8 Å². The van der Waals surface area contributed by atoms with Crippen LogP contribution in [-0.2, 0) is 9.59 Å². The van der Waals surface area contributed by atoms with E-state index in [4.69, 9.17) is 15.6 Å². The Hall–Kier alpha value is -3.65. The van der Waals surface area contributed by atoms with E-state index in [1.54, 1.807) is 12.1 Å². The number of alkyl halides is 3. The van der Waals surface area contributed by atoms with Crippen LogP contribution in [0.5, 0.6) is 0 Å². The molecule has 0 aromatic heterocycles. The maximum Gasteiger partial charge on any atom is 0.490 e. The van der Waals surface area contributed by atoms with Crippen molar-refractivity contribution in [1.29, 1.82) is 5.26 Å². The fourth-order valence-electron chi connectivity index (χ4n) is 3.21. The molecule has 1 unspecified atom stereocenters. The highest BCUT2D eigenvalue weighted by Crippen LogP contribution is 2.29. The first-order valence-electron chi connectivity index (χ1n) is 10.4. The summed E-state index contributed by atoms with van der Waals surface area (Å²) < 4.78 is 44.7. The van der Waals surface area contributed by atoms with Gasteiger partial charge in [-0.05, 0) is 61.2 Å². The molecule has 182 valence electrons. The van der Waals surface area contributed by atoms with Crippen LogP contribution >= 0.6 is 0 Å². The number of nitrogens with zero attached hydrogens (tertiary/aromatic N) is 2. The third kappa shape index (κ3) is 7.74. The second-order valence-electron chi connectivity index (χ2n) is 7.55. The van der Waals surface area contributed by atoms with Gasteiger partial charge in [-0.1, -0.05) is 18.2 Å². The molecule has 1 atom stereocenters. The SMILES string of the molecule is N#Cc1cc(-c2ccc(F)cc2)ccc1N1CCCC1.NC(=O)C1CCN1.O=C(O)C(F)(F)F. The quantitative estimate of drug-likeness (QED) is 0.579. The number of hydrogen-bond acceptors (Lipinski definition) is 5. The Morgan fingerprint density at radius 2 is 1.62 bits per heavy atom. The number of amides is 1. The second-order valence-corrected chi connectivity index (χ2v) is 7.55. The van der Waals surface area contributed by atoms with E-state index >= 15 is 0 Å². The number of primary amides is 1. The van der Waals surface area contributed by atoms with E-state index in [1.165, 1.54) is 25.0 Å². The minimum atomic E-state index is -5.08. The zero-order valence-electron chi connectivity index (χ0n) is 18.1. The standard InChI is InChI=1S/C17H15FN2.C4H8N2O.C2HF3O2/c18-16-6-3-13(4-7-16)14-5-8-17(15(11-14)12-19)20-9-1-2-10-20;5-4(7)3-1-2-6-3;3-2(4,5)1(6)7/h3-8,11H,1-2,9-10H2;3,6H,1-2H2,(H2,5,7);(H,6,7). The number of nitrogens with one attached hydrogen (secondary N) is 1. The summed E-state index contributed by atoms with van der Waals surface area (Å²) in [6.45, 7) is 2.97. The number of rotatable bonds is 3.